The third-order valence-corrected chi connectivity index (χ3v) is 14.3. The number of fused-ring (bicyclic) bond motifs is 5. The molecule has 4 bridgehead atoms. The van der Waals surface area contributed by atoms with Gasteiger partial charge in [0.05, 0.1) is 31.7 Å². The van der Waals surface area contributed by atoms with E-state index < -0.39 is 65.4 Å². The molecule has 0 unspecified atom stereocenters. The van der Waals surface area contributed by atoms with E-state index in [1.165, 1.54) is 42.8 Å². The molecule has 0 saturated carbocycles. The maximum atomic E-state index is 14.3. The first kappa shape index (κ1) is 50.9. The average Bonchev–Trinajstić information content (AvgIpc) is 3.94. The molecule has 3 aliphatic rings. The largest absolute Gasteiger partial charge is 0.495 e. The Morgan fingerprint density at radius 2 is 1.81 bits per heavy atom. The van der Waals surface area contributed by atoms with Crippen LogP contribution in [-0.2, 0) is 62.2 Å². The maximum Gasteiger partial charge on any atom is 0.328 e. The van der Waals surface area contributed by atoms with Crippen molar-refractivity contribution in [2.45, 2.75) is 128 Å². The highest BCUT2D eigenvalue weighted by molar-refractivity contribution is 8.23. The number of carbonyl (C=O) groups excluding carboxylic acids is 5. The lowest BCUT2D eigenvalue weighted by Gasteiger charge is -2.41. The van der Waals surface area contributed by atoms with E-state index in [0.717, 1.165) is 32.9 Å². The number of thiocarbonyl (C=S) groups is 1. The van der Waals surface area contributed by atoms with Crippen molar-refractivity contribution in [1.29, 1.82) is 0 Å². The molecular formula is C48H61ClN2O11S2. The molecule has 0 aromatic heterocycles. The predicted octanol–water partition coefficient (Wildman–Crippen LogP) is 6.98. The van der Waals surface area contributed by atoms with Gasteiger partial charge in [-0.2, -0.15) is 0 Å². The van der Waals surface area contributed by atoms with Crippen LogP contribution in [0.15, 0.2) is 60.2 Å². The first-order valence-electron chi connectivity index (χ1n) is 21.5. The van der Waals surface area contributed by atoms with Gasteiger partial charge in [-0.15, -0.1) is 11.8 Å². The number of Topliss-reactive ketones (excluding diaryl/α,β-unsaturated/α-hetero) is 1. The molecular weight excluding hydrogens is 880 g/mol. The lowest BCUT2D eigenvalue weighted by Crippen LogP contribution is -2.53. The van der Waals surface area contributed by atoms with Crippen LogP contribution in [0.25, 0.3) is 0 Å². The lowest BCUT2D eigenvalue weighted by atomic mass is 9.78. The summed E-state index contributed by atoms with van der Waals surface area (Å²) in [6.07, 6.45) is 3.70. The Hall–Kier alpha value is -4.12. The number of thioether (sulfide) groups is 1. The van der Waals surface area contributed by atoms with E-state index in [9.17, 15) is 29.1 Å². The average molecular weight is 942 g/mol. The highest BCUT2D eigenvalue weighted by atomic mass is 35.5. The Bertz CT molecular complexity index is 2150. The van der Waals surface area contributed by atoms with E-state index in [4.69, 9.17) is 47.5 Å². The van der Waals surface area contributed by atoms with E-state index in [1.54, 1.807) is 52.1 Å². The highest BCUT2D eigenvalue weighted by Gasteiger charge is 2.64. The molecule has 0 aliphatic carbocycles. The van der Waals surface area contributed by atoms with Crippen molar-refractivity contribution in [1.82, 2.24) is 4.90 Å². The second-order valence-electron chi connectivity index (χ2n) is 17.4. The molecule has 2 fully saturated rings. The number of halogens is 1. The van der Waals surface area contributed by atoms with Crippen molar-refractivity contribution in [3.8, 4) is 5.75 Å². The van der Waals surface area contributed by atoms with Gasteiger partial charge in [0, 0.05) is 56.3 Å². The minimum absolute atomic E-state index is 0.0432. The van der Waals surface area contributed by atoms with Gasteiger partial charge in [-0.25, -0.2) is 4.79 Å². The molecule has 5 rings (SSSR count). The smallest absolute Gasteiger partial charge is 0.328 e. The molecule has 2 amide bonds. The number of carbonyl (C=O) groups is 5. The number of benzene rings is 2. The van der Waals surface area contributed by atoms with Gasteiger partial charge >= 0.3 is 11.9 Å². The van der Waals surface area contributed by atoms with Crippen LogP contribution in [0, 0.1) is 5.92 Å². The molecule has 64 heavy (non-hydrogen) atoms. The summed E-state index contributed by atoms with van der Waals surface area (Å²) >= 11 is 13.8. The molecule has 3 heterocycles. The Morgan fingerprint density at radius 3 is 2.47 bits per heavy atom. The molecule has 8 atom stereocenters. The van der Waals surface area contributed by atoms with Crippen LogP contribution in [0.5, 0.6) is 5.75 Å². The van der Waals surface area contributed by atoms with Gasteiger partial charge in [0.1, 0.15) is 52.1 Å². The number of allylic oxidation sites excluding steroid dienone is 3. The number of ether oxygens (including phenoxy) is 5. The second kappa shape index (κ2) is 21.9. The zero-order chi connectivity index (χ0) is 47.1. The standard InChI is InChI=1S/C48H61ClN2O11S2/c1-28-11-10-12-38(59-9)48(57)26-37(60-42(55)27-48)30(3)45-47(5,62-45)39(25-41(54)51(7)35-23-34(21-28)24-36(58-8)44(35)49)61-46(56)31(4)50(6)40(53)19-20-64-43(63)18-17-32-13-15-33(16-14-32)22-29(2)52/h10-16,23-24,30-31,37-39,45,57H,17-22,25-27H2,1-9H3/b12-10+,28-11+/t30-,31+,37+,38-,39+,45+,47+,48-/m1/s1. The minimum atomic E-state index is -1.60. The third kappa shape index (κ3) is 12.6. The van der Waals surface area contributed by atoms with Gasteiger partial charge in [0.25, 0.3) is 0 Å². The van der Waals surface area contributed by atoms with Crippen molar-refractivity contribution in [2.24, 2.45) is 5.92 Å². The molecule has 1 N–H and O–H groups in total. The zero-order valence-corrected chi connectivity index (χ0v) is 40.5. The molecule has 2 saturated heterocycles. The normalized spacial score (nSPS) is 27.8. The summed E-state index contributed by atoms with van der Waals surface area (Å²) < 4.78 is 30.4. The second-order valence-corrected chi connectivity index (χ2v) is 19.7. The molecule has 3 aliphatic heterocycles. The fourth-order valence-electron chi connectivity index (χ4n) is 8.33. The van der Waals surface area contributed by atoms with Crippen LogP contribution in [0.1, 0.15) is 83.4 Å². The fraction of sp³-hybridized carbons (Fsp3) is 0.542. The van der Waals surface area contributed by atoms with Gasteiger partial charge in [-0.3, -0.25) is 19.2 Å². The number of aliphatic hydroxyl groups is 1. The van der Waals surface area contributed by atoms with E-state index in [0.29, 0.717) is 36.5 Å². The molecule has 0 spiro atoms. The fourth-order valence-corrected chi connectivity index (χ4v) is 9.75. The molecule has 348 valence electrons. The van der Waals surface area contributed by atoms with Gasteiger partial charge in [0.2, 0.25) is 11.8 Å². The summed E-state index contributed by atoms with van der Waals surface area (Å²) in [5, 5.41) is 12.1. The first-order chi connectivity index (χ1) is 30.2. The number of ketones is 1. The van der Waals surface area contributed by atoms with Crippen LogP contribution in [0.2, 0.25) is 5.02 Å². The van der Waals surface area contributed by atoms with E-state index in [1.807, 2.05) is 44.2 Å². The van der Waals surface area contributed by atoms with E-state index in [-0.39, 0.29) is 42.4 Å². The highest BCUT2D eigenvalue weighted by Crippen LogP contribution is 2.50. The molecule has 2 aromatic carbocycles. The van der Waals surface area contributed by atoms with Crippen molar-refractivity contribution >= 4 is 75.0 Å². The summed E-state index contributed by atoms with van der Waals surface area (Å²) in [6, 6.07) is 10.5. The third-order valence-electron chi connectivity index (χ3n) is 12.5. The van der Waals surface area contributed by atoms with Crippen LogP contribution in [0.3, 0.4) is 0 Å². The Morgan fingerprint density at radius 1 is 1.12 bits per heavy atom. The number of likely N-dealkylation sites (N-methyl/N-ethyl adjacent to an activating group) is 1. The molecule has 0 radical (unpaired) electrons. The first-order valence-corrected chi connectivity index (χ1v) is 23.2. The number of amides is 2. The van der Waals surface area contributed by atoms with Crippen molar-refractivity contribution in [3.05, 3.63) is 81.9 Å². The topological polar surface area (TPSA) is 162 Å². The molecule has 13 nitrogen and oxygen atoms in total. The summed E-state index contributed by atoms with van der Waals surface area (Å²) in [5.41, 5.74) is 1.37. The Labute approximate surface area is 391 Å². The van der Waals surface area contributed by atoms with Crippen molar-refractivity contribution in [3.63, 3.8) is 0 Å². The quantitative estimate of drug-likeness (QED) is 0.125. The number of hydrogen-bond donors (Lipinski definition) is 1. The van der Waals surface area contributed by atoms with Crippen LogP contribution < -0.4 is 9.64 Å². The minimum Gasteiger partial charge on any atom is -0.495 e. The number of epoxide rings is 1. The van der Waals surface area contributed by atoms with Crippen LogP contribution in [0.4, 0.5) is 5.69 Å². The summed E-state index contributed by atoms with van der Waals surface area (Å²) in [6.45, 7) is 8.61. The Kier molecular flexibility index (Phi) is 17.4. The van der Waals surface area contributed by atoms with Crippen molar-refractivity contribution in [2.75, 3.05) is 39.0 Å². The monoisotopic (exact) mass is 940 g/mol. The van der Waals surface area contributed by atoms with Gasteiger partial charge in [-0.05, 0) is 75.8 Å². The van der Waals surface area contributed by atoms with Gasteiger partial charge in [0.15, 0.2) is 0 Å². The summed E-state index contributed by atoms with van der Waals surface area (Å²) in [5.74, 6) is -1.69. The zero-order valence-electron chi connectivity index (χ0n) is 38.1. The van der Waals surface area contributed by atoms with Crippen LogP contribution in [-0.4, -0.2) is 119 Å². The number of nitrogens with zero attached hydrogens (tertiary/aromatic N) is 2. The number of rotatable bonds is 13. The number of anilines is 1. The molecule has 16 heteroatoms. The number of methoxy groups -OCH3 is 2. The number of esters is 2. The Balaban J connectivity index is 1.33. The number of hydrogen-bond acceptors (Lipinski definition) is 13. The SMILES string of the molecule is COc1cc2cc(c1Cl)N(C)C(=O)C[C@H](OC(=O)[C@H](C)N(C)C(=O)CCSC(=S)CCc1ccc(CC(C)=O)cc1)[C@]1(C)O[C@H]1[C@H](C)[C@@H]1C[C@@](O)(CC(=O)O1)[C@H](OC)/C=C/C=C(\C)C2. The predicted molar refractivity (Wildman–Crippen MR) is 251 cm³/mol. The molecule has 2 aromatic rings. The summed E-state index contributed by atoms with van der Waals surface area (Å²) in [4.78, 5) is 68.9. The van der Waals surface area contributed by atoms with E-state index in [2.05, 4.69) is 0 Å². The van der Waals surface area contributed by atoms with Gasteiger partial charge < -0.3 is 38.6 Å². The van der Waals surface area contributed by atoms with Gasteiger partial charge in [-0.1, -0.05) is 78.8 Å². The summed E-state index contributed by atoms with van der Waals surface area (Å²) in [7, 11) is 6.07. The van der Waals surface area contributed by atoms with Crippen LogP contribution >= 0.6 is 35.6 Å². The lowest BCUT2D eigenvalue weighted by molar-refractivity contribution is -0.187. The maximum absolute atomic E-state index is 14.3. The van der Waals surface area contributed by atoms with Crippen molar-refractivity contribution < 1.29 is 52.8 Å². The number of aryl methyl sites for hydroxylation is 1. The van der Waals surface area contributed by atoms with E-state index >= 15 is 0 Å².